The van der Waals surface area contributed by atoms with Crippen molar-refractivity contribution in [1.29, 1.82) is 0 Å². The molecule has 8 heteroatoms. The summed E-state index contributed by atoms with van der Waals surface area (Å²) < 4.78 is 5.36. The largest absolute Gasteiger partial charge is 0.497 e. The first kappa shape index (κ1) is 20.8. The highest BCUT2D eigenvalue weighted by Gasteiger charge is 2.24. The third-order valence-electron chi connectivity index (χ3n) is 5.55. The van der Waals surface area contributed by atoms with Crippen LogP contribution in [-0.4, -0.2) is 47.1 Å². The Morgan fingerprint density at radius 1 is 1.29 bits per heavy atom. The lowest BCUT2D eigenvalue weighted by Crippen LogP contribution is -2.35. The second-order valence-electron chi connectivity index (χ2n) is 7.95. The number of carbonyl (C=O) groups is 1. The second-order valence-corrected chi connectivity index (χ2v) is 7.95. The molecule has 0 aliphatic carbocycles. The number of nitrogens with zero attached hydrogens (tertiary/aromatic N) is 4. The highest BCUT2D eigenvalue weighted by atomic mass is 16.5. The van der Waals surface area contributed by atoms with Crippen LogP contribution in [0.3, 0.4) is 0 Å². The molecule has 8 nitrogen and oxygen atoms in total. The lowest BCUT2D eigenvalue weighted by Gasteiger charge is -2.20. The monoisotopic (exact) mass is 420 g/mol. The van der Waals surface area contributed by atoms with Crippen LogP contribution in [0.15, 0.2) is 36.5 Å². The van der Waals surface area contributed by atoms with Gasteiger partial charge in [0.1, 0.15) is 23.2 Å². The fraction of sp³-hybridized carbons (Fsp3) is 0.391. The number of aromatic nitrogens is 3. The summed E-state index contributed by atoms with van der Waals surface area (Å²) in [6.07, 6.45) is 2.70. The Bertz CT molecular complexity index is 1100. The van der Waals surface area contributed by atoms with Gasteiger partial charge in [0.2, 0.25) is 5.91 Å². The summed E-state index contributed by atoms with van der Waals surface area (Å²) in [5, 5.41) is 7.46. The van der Waals surface area contributed by atoms with E-state index in [1.165, 1.54) is 0 Å². The number of ether oxygens (including phenoxy) is 1. The number of aryl methyl sites for hydroxylation is 1. The number of benzene rings is 1. The molecule has 3 heterocycles. The van der Waals surface area contributed by atoms with E-state index in [9.17, 15) is 4.79 Å². The van der Waals surface area contributed by atoms with Crippen LogP contribution < -0.4 is 20.3 Å². The summed E-state index contributed by atoms with van der Waals surface area (Å²) >= 11 is 0. The Morgan fingerprint density at radius 3 is 2.90 bits per heavy atom. The zero-order chi connectivity index (χ0) is 22.0. The molecule has 0 radical (unpaired) electrons. The number of nitrogens with one attached hydrogen (secondary N) is 2. The molecule has 0 saturated carbocycles. The minimum Gasteiger partial charge on any atom is -0.497 e. The van der Waals surface area contributed by atoms with Crippen molar-refractivity contribution in [2.45, 2.75) is 39.3 Å². The van der Waals surface area contributed by atoms with Gasteiger partial charge in [0.15, 0.2) is 0 Å². The van der Waals surface area contributed by atoms with E-state index >= 15 is 0 Å². The first-order chi connectivity index (χ1) is 14.9. The second kappa shape index (κ2) is 8.75. The van der Waals surface area contributed by atoms with Crippen LogP contribution in [0, 0.1) is 6.92 Å². The van der Waals surface area contributed by atoms with E-state index < -0.39 is 0 Å². The smallest absolute Gasteiger partial charge is 0.217 e. The molecule has 2 atom stereocenters. The number of fused-ring (bicyclic) bond motifs is 1. The molecule has 1 aromatic carbocycles. The molecule has 1 aliphatic heterocycles. The van der Waals surface area contributed by atoms with Gasteiger partial charge in [-0.3, -0.25) is 4.79 Å². The van der Waals surface area contributed by atoms with Crippen molar-refractivity contribution in [1.82, 2.24) is 20.3 Å². The Kier molecular flexibility index (Phi) is 5.88. The summed E-state index contributed by atoms with van der Waals surface area (Å²) in [7, 11) is 1.67. The van der Waals surface area contributed by atoms with Gasteiger partial charge in [-0.25, -0.2) is 15.0 Å². The Labute approximate surface area is 182 Å². The molecular weight excluding hydrogens is 392 g/mol. The van der Waals surface area contributed by atoms with Crippen LogP contribution in [-0.2, 0) is 4.79 Å². The zero-order valence-electron chi connectivity index (χ0n) is 18.3. The van der Waals surface area contributed by atoms with Crippen LogP contribution in [0.2, 0.25) is 0 Å². The van der Waals surface area contributed by atoms with E-state index in [-0.39, 0.29) is 18.0 Å². The third kappa shape index (κ3) is 4.68. The van der Waals surface area contributed by atoms with E-state index in [1.807, 2.05) is 31.2 Å². The van der Waals surface area contributed by atoms with Crippen molar-refractivity contribution >= 4 is 28.4 Å². The van der Waals surface area contributed by atoms with Crippen molar-refractivity contribution in [2.75, 3.05) is 30.4 Å². The van der Waals surface area contributed by atoms with Crippen molar-refractivity contribution in [2.24, 2.45) is 0 Å². The average Bonchev–Trinajstić information content (AvgIpc) is 3.21. The zero-order valence-corrected chi connectivity index (χ0v) is 18.3. The average molecular weight is 421 g/mol. The van der Waals surface area contributed by atoms with Gasteiger partial charge in [0.25, 0.3) is 0 Å². The minimum atomic E-state index is 0.000196. The summed E-state index contributed by atoms with van der Waals surface area (Å²) in [5.41, 5.74) is 1.91. The molecule has 0 spiro atoms. The molecule has 2 aromatic heterocycles. The Morgan fingerprint density at radius 2 is 2.13 bits per heavy atom. The third-order valence-corrected chi connectivity index (χ3v) is 5.55. The highest BCUT2D eigenvalue weighted by Crippen LogP contribution is 2.29. The molecule has 31 heavy (non-hydrogen) atoms. The van der Waals surface area contributed by atoms with Gasteiger partial charge in [-0.05, 0) is 44.0 Å². The lowest BCUT2D eigenvalue weighted by molar-refractivity contribution is -0.119. The van der Waals surface area contributed by atoms with Crippen LogP contribution in [0.4, 0.5) is 11.6 Å². The standard InChI is InChI=1S/C23H28N6O2/c1-14(17-6-5-7-19(10-17)31-4)25-23-20-11-22(24-12-21(20)26-15(2)27-23)29-9-8-18(13-29)28-16(3)30/h5-7,10-12,14,18H,8-9,13H2,1-4H3,(H,28,30)(H,25,26,27)/t14-,18-/m1/s1. The van der Waals surface area contributed by atoms with Gasteiger partial charge in [0, 0.05) is 31.4 Å². The molecule has 1 amide bonds. The van der Waals surface area contributed by atoms with Crippen molar-refractivity contribution in [3.8, 4) is 5.75 Å². The number of methoxy groups -OCH3 is 1. The van der Waals surface area contributed by atoms with Crippen molar-refractivity contribution in [3.05, 3.63) is 47.9 Å². The molecule has 1 fully saturated rings. The Hall–Kier alpha value is -3.42. The van der Waals surface area contributed by atoms with Crippen LogP contribution >= 0.6 is 0 Å². The topological polar surface area (TPSA) is 92.3 Å². The maximum Gasteiger partial charge on any atom is 0.217 e. The maximum atomic E-state index is 11.4. The number of carbonyl (C=O) groups excluding carboxylic acids is 1. The first-order valence-electron chi connectivity index (χ1n) is 10.5. The first-order valence-corrected chi connectivity index (χ1v) is 10.5. The molecule has 1 aliphatic rings. The van der Waals surface area contributed by atoms with Gasteiger partial charge in [0.05, 0.1) is 24.9 Å². The summed E-state index contributed by atoms with van der Waals surface area (Å²) in [6.45, 7) is 7.12. The number of hydrogen-bond acceptors (Lipinski definition) is 7. The molecule has 1 saturated heterocycles. The van der Waals surface area contributed by atoms with Gasteiger partial charge in [-0.1, -0.05) is 12.1 Å². The van der Waals surface area contributed by atoms with Crippen molar-refractivity contribution in [3.63, 3.8) is 0 Å². The summed E-state index contributed by atoms with van der Waals surface area (Å²) in [5.74, 6) is 3.16. The van der Waals surface area contributed by atoms with Gasteiger partial charge < -0.3 is 20.3 Å². The number of amides is 1. The maximum absolute atomic E-state index is 11.4. The molecular formula is C23H28N6O2. The number of anilines is 2. The molecule has 3 aromatic rings. The van der Waals surface area contributed by atoms with Gasteiger partial charge in [-0.15, -0.1) is 0 Å². The fourth-order valence-electron chi connectivity index (χ4n) is 3.99. The van der Waals surface area contributed by atoms with E-state index in [4.69, 9.17) is 4.74 Å². The van der Waals surface area contributed by atoms with Gasteiger partial charge in [-0.2, -0.15) is 0 Å². The quantitative estimate of drug-likeness (QED) is 0.632. The van der Waals surface area contributed by atoms with E-state index in [0.29, 0.717) is 5.82 Å². The molecule has 4 rings (SSSR count). The summed E-state index contributed by atoms with van der Waals surface area (Å²) in [4.78, 5) is 27.4. The van der Waals surface area contributed by atoms with Crippen LogP contribution in [0.5, 0.6) is 5.75 Å². The predicted molar refractivity (Wildman–Crippen MR) is 122 cm³/mol. The fourth-order valence-corrected chi connectivity index (χ4v) is 3.99. The Balaban J connectivity index is 1.62. The van der Waals surface area contributed by atoms with Crippen molar-refractivity contribution < 1.29 is 9.53 Å². The lowest BCUT2D eigenvalue weighted by atomic mass is 10.1. The number of hydrogen-bond donors (Lipinski definition) is 2. The SMILES string of the molecule is COc1cccc([C@@H](C)Nc2nc(C)nc3cnc(N4CC[C@@H](NC(C)=O)C4)cc23)c1. The van der Waals surface area contributed by atoms with Crippen LogP contribution in [0.25, 0.3) is 10.9 Å². The predicted octanol–water partition coefficient (Wildman–Crippen LogP) is 3.23. The molecule has 0 unspecified atom stereocenters. The summed E-state index contributed by atoms with van der Waals surface area (Å²) in [6, 6.07) is 10.2. The number of rotatable bonds is 6. The minimum absolute atomic E-state index is 0.000196. The molecule has 2 N–H and O–H groups in total. The number of pyridine rings is 1. The molecule has 0 bridgehead atoms. The molecule has 162 valence electrons. The normalized spacial score (nSPS) is 16.9. The van der Waals surface area contributed by atoms with E-state index in [0.717, 1.165) is 53.4 Å². The highest BCUT2D eigenvalue weighted by molar-refractivity contribution is 5.90. The van der Waals surface area contributed by atoms with E-state index in [1.54, 1.807) is 20.2 Å². The van der Waals surface area contributed by atoms with Crippen LogP contribution in [0.1, 0.15) is 37.7 Å². The van der Waals surface area contributed by atoms with E-state index in [2.05, 4.69) is 43.5 Å². The van der Waals surface area contributed by atoms with Gasteiger partial charge >= 0.3 is 0 Å².